The van der Waals surface area contributed by atoms with Crippen molar-refractivity contribution in [2.24, 2.45) is 0 Å². The highest BCUT2D eigenvalue weighted by Crippen LogP contribution is 2.25. The first-order valence-corrected chi connectivity index (χ1v) is 6.16. The third-order valence-corrected chi connectivity index (χ3v) is 2.87. The molecular weight excluding hydrogens is 272 g/mol. The maximum absolute atomic E-state index is 11.6. The van der Waals surface area contributed by atoms with Crippen LogP contribution in [0.25, 0.3) is 0 Å². The summed E-state index contributed by atoms with van der Waals surface area (Å²) in [5, 5.41) is 0.695. The fraction of sp³-hybridized carbons (Fsp3) is 0.417. The number of esters is 1. The first-order valence-electron chi connectivity index (χ1n) is 5.04. The molecule has 0 bridgehead atoms. The molecule has 4 heteroatoms. The van der Waals surface area contributed by atoms with E-state index < -0.39 is 0 Å². The molecule has 1 rings (SSSR count). The van der Waals surface area contributed by atoms with Crippen molar-refractivity contribution in [1.82, 2.24) is 0 Å². The first kappa shape index (κ1) is 13.0. The van der Waals surface area contributed by atoms with Crippen LogP contribution in [0.3, 0.4) is 0 Å². The van der Waals surface area contributed by atoms with Gasteiger partial charge in [0.1, 0.15) is 5.75 Å². The van der Waals surface area contributed by atoms with Gasteiger partial charge in [-0.15, -0.1) is 0 Å². The van der Waals surface area contributed by atoms with E-state index >= 15 is 0 Å². The van der Waals surface area contributed by atoms with Gasteiger partial charge in [0.2, 0.25) is 0 Å². The van der Waals surface area contributed by atoms with E-state index in [2.05, 4.69) is 15.9 Å². The lowest BCUT2D eigenvalue weighted by Gasteiger charge is -2.11. The molecule has 0 aromatic heterocycles. The summed E-state index contributed by atoms with van der Waals surface area (Å²) < 4.78 is 10.2. The van der Waals surface area contributed by atoms with E-state index in [-0.39, 0.29) is 5.97 Å². The van der Waals surface area contributed by atoms with Crippen LogP contribution in [0.5, 0.6) is 5.75 Å². The fourth-order valence-electron chi connectivity index (χ4n) is 1.47. The monoisotopic (exact) mass is 286 g/mol. The van der Waals surface area contributed by atoms with E-state index in [4.69, 9.17) is 9.47 Å². The van der Waals surface area contributed by atoms with Crippen molar-refractivity contribution in [1.29, 1.82) is 0 Å². The van der Waals surface area contributed by atoms with Crippen LogP contribution in [0.2, 0.25) is 0 Å². The normalized spacial score (nSPS) is 10.0. The van der Waals surface area contributed by atoms with Crippen LogP contribution >= 0.6 is 15.9 Å². The molecule has 0 aliphatic heterocycles. The van der Waals surface area contributed by atoms with E-state index in [0.717, 1.165) is 11.1 Å². The van der Waals surface area contributed by atoms with Gasteiger partial charge in [-0.3, -0.25) is 0 Å². The minimum Gasteiger partial charge on any atom is -0.496 e. The maximum atomic E-state index is 11.6. The molecule has 0 saturated carbocycles. The number of ether oxygens (including phenoxy) is 2. The molecule has 0 fully saturated rings. The van der Waals surface area contributed by atoms with Crippen LogP contribution in [0, 0.1) is 6.92 Å². The van der Waals surface area contributed by atoms with E-state index in [1.54, 1.807) is 20.1 Å². The fourth-order valence-corrected chi connectivity index (χ4v) is 1.91. The summed E-state index contributed by atoms with van der Waals surface area (Å²) in [6, 6.07) is 3.66. The number of rotatable bonds is 4. The van der Waals surface area contributed by atoms with Crippen molar-refractivity contribution in [2.45, 2.75) is 19.2 Å². The van der Waals surface area contributed by atoms with E-state index in [9.17, 15) is 4.79 Å². The molecule has 0 radical (unpaired) electrons. The Balaban J connectivity index is 3.15. The Morgan fingerprint density at radius 2 is 2.12 bits per heavy atom. The molecule has 0 heterocycles. The standard InChI is InChI=1S/C12H15BrO3/c1-4-16-12(14)10-6-11(15-3)9(7-13)5-8(10)2/h5-6H,4,7H2,1-3H3. The predicted octanol–water partition coefficient (Wildman–Crippen LogP) is 3.08. The SMILES string of the molecule is CCOC(=O)c1cc(OC)c(CBr)cc1C. The zero-order valence-corrected chi connectivity index (χ0v) is 11.3. The maximum Gasteiger partial charge on any atom is 0.338 e. The highest BCUT2D eigenvalue weighted by molar-refractivity contribution is 9.08. The van der Waals surface area contributed by atoms with Crippen molar-refractivity contribution >= 4 is 21.9 Å². The number of benzene rings is 1. The number of carbonyl (C=O) groups excluding carboxylic acids is 1. The largest absolute Gasteiger partial charge is 0.496 e. The van der Waals surface area contributed by atoms with E-state index in [0.29, 0.717) is 23.2 Å². The Labute approximate surface area is 104 Å². The molecule has 0 atom stereocenters. The molecule has 1 aromatic rings. The molecule has 0 aliphatic carbocycles. The lowest BCUT2D eigenvalue weighted by Crippen LogP contribution is -2.07. The van der Waals surface area contributed by atoms with E-state index in [1.165, 1.54) is 0 Å². The summed E-state index contributed by atoms with van der Waals surface area (Å²) in [7, 11) is 1.59. The van der Waals surface area contributed by atoms with Gasteiger partial charge in [0, 0.05) is 10.9 Å². The zero-order chi connectivity index (χ0) is 12.1. The molecule has 3 nitrogen and oxygen atoms in total. The molecule has 88 valence electrons. The molecule has 0 unspecified atom stereocenters. The molecule has 0 aliphatic rings. The number of aryl methyl sites for hydroxylation is 1. The van der Waals surface area contributed by atoms with Crippen LogP contribution in [-0.2, 0) is 10.1 Å². The highest BCUT2D eigenvalue weighted by Gasteiger charge is 2.14. The van der Waals surface area contributed by atoms with Crippen LogP contribution in [-0.4, -0.2) is 19.7 Å². The third-order valence-electron chi connectivity index (χ3n) is 2.27. The molecule has 1 aromatic carbocycles. The van der Waals surface area contributed by atoms with Gasteiger partial charge in [0.15, 0.2) is 0 Å². The Kier molecular flexibility index (Phi) is 4.80. The van der Waals surface area contributed by atoms with Crippen molar-refractivity contribution in [3.05, 3.63) is 28.8 Å². The second-order valence-corrected chi connectivity index (χ2v) is 3.89. The van der Waals surface area contributed by atoms with Crippen LogP contribution in [0.4, 0.5) is 0 Å². The minimum atomic E-state index is -0.306. The topological polar surface area (TPSA) is 35.5 Å². The quantitative estimate of drug-likeness (QED) is 0.630. The summed E-state index contributed by atoms with van der Waals surface area (Å²) in [5.41, 5.74) is 2.48. The average Bonchev–Trinajstić information content (AvgIpc) is 2.28. The number of methoxy groups -OCH3 is 1. The summed E-state index contributed by atoms with van der Waals surface area (Å²) in [6.45, 7) is 4.05. The first-order chi connectivity index (χ1) is 7.63. The molecule has 0 saturated heterocycles. The van der Waals surface area contributed by atoms with Gasteiger partial charge in [-0.05, 0) is 25.5 Å². The van der Waals surface area contributed by atoms with Gasteiger partial charge in [-0.25, -0.2) is 4.79 Å². The molecule has 0 spiro atoms. The van der Waals surface area contributed by atoms with Crippen LogP contribution < -0.4 is 4.74 Å². The van der Waals surface area contributed by atoms with Crippen molar-refractivity contribution < 1.29 is 14.3 Å². The molecule has 0 N–H and O–H groups in total. The van der Waals surface area contributed by atoms with Gasteiger partial charge in [0.25, 0.3) is 0 Å². The smallest absolute Gasteiger partial charge is 0.338 e. The predicted molar refractivity (Wildman–Crippen MR) is 66.3 cm³/mol. The van der Waals surface area contributed by atoms with E-state index in [1.807, 2.05) is 13.0 Å². The Morgan fingerprint density at radius 3 is 2.62 bits per heavy atom. The number of hydrogen-bond acceptors (Lipinski definition) is 3. The third kappa shape index (κ3) is 2.76. The van der Waals surface area contributed by atoms with Gasteiger partial charge in [-0.1, -0.05) is 22.0 Å². The van der Waals surface area contributed by atoms with Crippen molar-refractivity contribution in [3.63, 3.8) is 0 Å². The second kappa shape index (κ2) is 5.89. The Morgan fingerprint density at radius 1 is 1.44 bits per heavy atom. The van der Waals surface area contributed by atoms with Crippen molar-refractivity contribution in [2.75, 3.05) is 13.7 Å². The highest BCUT2D eigenvalue weighted by atomic mass is 79.9. The average molecular weight is 287 g/mol. The number of halogens is 1. The van der Waals surface area contributed by atoms with Gasteiger partial charge < -0.3 is 9.47 Å². The lowest BCUT2D eigenvalue weighted by atomic mass is 10.0. The van der Waals surface area contributed by atoms with Crippen LogP contribution in [0.15, 0.2) is 12.1 Å². The lowest BCUT2D eigenvalue weighted by molar-refractivity contribution is 0.0525. The molecule has 0 amide bonds. The Bertz CT molecular complexity index is 388. The molecule has 16 heavy (non-hydrogen) atoms. The second-order valence-electron chi connectivity index (χ2n) is 3.33. The van der Waals surface area contributed by atoms with Crippen molar-refractivity contribution in [3.8, 4) is 5.75 Å². The summed E-state index contributed by atoms with van der Waals surface area (Å²) >= 11 is 3.38. The summed E-state index contributed by atoms with van der Waals surface area (Å²) in [6.07, 6.45) is 0. The van der Waals surface area contributed by atoms with Gasteiger partial charge >= 0.3 is 5.97 Å². The Hall–Kier alpha value is -1.03. The zero-order valence-electron chi connectivity index (χ0n) is 9.67. The molecular formula is C12H15BrO3. The van der Waals surface area contributed by atoms with Gasteiger partial charge in [0.05, 0.1) is 19.3 Å². The number of hydrogen-bond donors (Lipinski definition) is 0. The van der Waals surface area contributed by atoms with Gasteiger partial charge in [-0.2, -0.15) is 0 Å². The number of alkyl halides is 1. The summed E-state index contributed by atoms with van der Waals surface area (Å²) in [4.78, 5) is 11.6. The number of carbonyl (C=O) groups is 1. The minimum absolute atomic E-state index is 0.306. The summed E-state index contributed by atoms with van der Waals surface area (Å²) in [5.74, 6) is 0.393. The van der Waals surface area contributed by atoms with Crippen LogP contribution in [0.1, 0.15) is 28.4 Å².